The van der Waals surface area contributed by atoms with Gasteiger partial charge in [-0.3, -0.25) is 0 Å². The van der Waals surface area contributed by atoms with E-state index < -0.39 is 25.2 Å². The molecule has 0 spiro atoms. The zero-order chi connectivity index (χ0) is 19.1. The molecule has 3 heterocycles. The predicted octanol–water partition coefficient (Wildman–Crippen LogP) is 10.2. The van der Waals surface area contributed by atoms with Crippen LogP contribution in [0, 0.1) is 0 Å². The van der Waals surface area contributed by atoms with Gasteiger partial charge in [0.1, 0.15) is 0 Å². The molecule has 0 unspecified atom stereocenters. The Labute approximate surface area is 183 Å². The molecule has 16 heteroatoms. The van der Waals surface area contributed by atoms with E-state index in [4.69, 9.17) is 67.4 Å². The van der Waals surface area contributed by atoms with Gasteiger partial charge in [-0.1, -0.05) is 12.8 Å². The predicted molar refractivity (Wildman–Crippen MR) is 123 cm³/mol. The summed E-state index contributed by atoms with van der Waals surface area (Å²) >= 11 is 39.8. The van der Waals surface area contributed by atoms with E-state index >= 15 is 0 Å². The van der Waals surface area contributed by atoms with E-state index in [9.17, 15) is 0 Å². The molecule has 0 radical (unpaired) electrons. The minimum Gasteiger partial charge on any atom is -0.240 e. The molecule has 2 saturated heterocycles. The number of halogens is 6. The number of hydrogen-bond donors (Lipinski definition) is 0. The molecular formula is C10H20Cl6N6P4. The van der Waals surface area contributed by atoms with Gasteiger partial charge in [0.15, 0.2) is 0 Å². The number of nitrogens with zero attached hydrogens (tertiary/aromatic N) is 6. The van der Waals surface area contributed by atoms with E-state index in [0.717, 1.165) is 64.7 Å². The highest BCUT2D eigenvalue weighted by Gasteiger charge is 2.39. The second-order valence-corrected chi connectivity index (χ2v) is 23.5. The quantitative estimate of drug-likeness (QED) is 0.315. The highest BCUT2D eigenvalue weighted by atomic mass is 35.9. The number of piperidine rings is 2. The molecule has 3 rings (SSSR count). The monoisotopic (exact) mass is 558 g/mol. The molecule has 26 heavy (non-hydrogen) atoms. The molecule has 0 bridgehead atoms. The fourth-order valence-electron chi connectivity index (χ4n) is 3.11. The van der Waals surface area contributed by atoms with Gasteiger partial charge in [0.05, 0.1) is 0 Å². The van der Waals surface area contributed by atoms with Crippen molar-refractivity contribution in [3.05, 3.63) is 0 Å². The van der Waals surface area contributed by atoms with Crippen molar-refractivity contribution in [2.75, 3.05) is 26.2 Å². The Balaban J connectivity index is 2.13. The fraction of sp³-hybridized carbons (Fsp3) is 1.00. The van der Waals surface area contributed by atoms with Gasteiger partial charge in [-0.25, -0.2) is 9.34 Å². The molecule has 0 aromatic carbocycles. The Morgan fingerprint density at radius 2 is 0.769 bits per heavy atom. The minimum atomic E-state index is -3.18. The third kappa shape index (κ3) is 5.84. The zero-order valence-electron chi connectivity index (χ0n) is 13.8. The smallest absolute Gasteiger partial charge is 0.240 e. The summed E-state index contributed by atoms with van der Waals surface area (Å²) in [7, 11) is 0. The van der Waals surface area contributed by atoms with Gasteiger partial charge >= 0.3 is 0 Å². The molecule has 2 fully saturated rings. The molecule has 0 amide bonds. The van der Waals surface area contributed by atoms with Gasteiger partial charge in [-0.15, -0.1) is 0 Å². The maximum Gasteiger partial charge on any atom is 0.257 e. The van der Waals surface area contributed by atoms with Gasteiger partial charge in [0, 0.05) is 26.2 Å². The van der Waals surface area contributed by atoms with Crippen LogP contribution < -0.4 is 0 Å². The van der Waals surface area contributed by atoms with Crippen molar-refractivity contribution in [2.45, 2.75) is 38.5 Å². The first-order chi connectivity index (χ1) is 12.0. The van der Waals surface area contributed by atoms with Crippen LogP contribution in [-0.4, -0.2) is 35.5 Å². The lowest BCUT2D eigenvalue weighted by Gasteiger charge is -2.36. The first-order valence-corrected chi connectivity index (χ1v) is 20.4. The SMILES string of the molecule is ClP1(Cl)=N[P@](Cl)(N2CCCCC2)=NP(Cl)(Cl)=N[P@@](Cl)(N2CCCCC2)=N1. The lowest BCUT2D eigenvalue weighted by molar-refractivity contribution is 0.369. The van der Waals surface area contributed by atoms with Gasteiger partial charge in [0.2, 0.25) is 13.4 Å². The molecule has 152 valence electrons. The highest BCUT2D eigenvalue weighted by Crippen LogP contribution is 2.87. The molecule has 0 N–H and O–H groups in total. The summed E-state index contributed by atoms with van der Waals surface area (Å²) in [5, 5.41) is 0. The Kier molecular flexibility index (Phi) is 8.03. The maximum absolute atomic E-state index is 6.84. The van der Waals surface area contributed by atoms with Crippen LogP contribution in [0.15, 0.2) is 18.1 Å². The lowest BCUT2D eigenvalue weighted by atomic mass is 10.2. The summed E-state index contributed by atoms with van der Waals surface area (Å²) < 4.78 is 22.1. The van der Waals surface area contributed by atoms with Crippen LogP contribution >= 0.6 is 92.7 Å². The second-order valence-electron chi connectivity index (χ2n) is 6.29. The molecule has 0 aromatic rings. The first-order valence-electron chi connectivity index (χ1n) is 8.28. The van der Waals surface area contributed by atoms with Crippen molar-refractivity contribution in [2.24, 2.45) is 18.1 Å². The van der Waals surface area contributed by atoms with Crippen LogP contribution in [0.5, 0.6) is 0 Å². The molecule has 0 aliphatic carbocycles. The molecule has 0 aromatic heterocycles. The van der Waals surface area contributed by atoms with Gasteiger partial charge in [-0.2, -0.15) is 18.1 Å². The fourth-order valence-corrected chi connectivity index (χ4v) is 26.5. The van der Waals surface area contributed by atoms with Crippen molar-refractivity contribution in [1.82, 2.24) is 9.34 Å². The van der Waals surface area contributed by atoms with Gasteiger partial charge in [0.25, 0.3) is 11.8 Å². The molecule has 3 aliphatic heterocycles. The van der Waals surface area contributed by atoms with Crippen LogP contribution in [0.2, 0.25) is 0 Å². The normalized spacial score (nSPS) is 38.7. The van der Waals surface area contributed by atoms with E-state index in [1.807, 2.05) is 9.34 Å². The van der Waals surface area contributed by atoms with Crippen molar-refractivity contribution in [3.63, 3.8) is 0 Å². The summed E-state index contributed by atoms with van der Waals surface area (Å²) in [4.78, 5) is 0. The summed E-state index contributed by atoms with van der Waals surface area (Å²) in [5.74, 6) is -6.36. The van der Waals surface area contributed by atoms with Crippen molar-refractivity contribution >= 4 is 92.7 Å². The summed E-state index contributed by atoms with van der Waals surface area (Å²) in [5.41, 5.74) is 0. The third-order valence-electron chi connectivity index (χ3n) is 4.27. The van der Waals surface area contributed by atoms with E-state index in [2.05, 4.69) is 18.1 Å². The molecule has 2 atom stereocenters. The summed E-state index contributed by atoms with van der Waals surface area (Å²) in [6, 6.07) is 0. The summed E-state index contributed by atoms with van der Waals surface area (Å²) in [6.07, 6.45) is 6.27. The standard InChI is InChI=1S/C10H20Cl6N6P4/c11-23(12)17-25(15,21-7-3-1-4-8-21)18-24(13,14)20-26(16,19-23)22-9-5-2-6-10-22/h1-10H2/t25-,26-. The van der Waals surface area contributed by atoms with E-state index in [0.29, 0.717) is 0 Å². The number of rotatable bonds is 2. The average molecular weight is 561 g/mol. The van der Waals surface area contributed by atoms with Crippen LogP contribution in [0.25, 0.3) is 0 Å². The average Bonchev–Trinajstić information content (AvgIpc) is 2.53. The molecule has 0 saturated carbocycles. The Bertz CT molecular complexity index is 698. The molecular weight excluding hydrogens is 541 g/mol. The zero-order valence-corrected chi connectivity index (χ0v) is 21.9. The highest BCUT2D eigenvalue weighted by molar-refractivity contribution is 8.19. The maximum atomic E-state index is 6.84. The van der Waals surface area contributed by atoms with E-state index in [1.54, 1.807) is 0 Å². The van der Waals surface area contributed by atoms with Gasteiger partial charge in [-0.05, 0) is 93.1 Å². The van der Waals surface area contributed by atoms with Crippen molar-refractivity contribution in [1.29, 1.82) is 0 Å². The summed E-state index contributed by atoms with van der Waals surface area (Å²) in [6.45, 7) is -2.94. The minimum absolute atomic E-state index is 0.749. The van der Waals surface area contributed by atoms with Crippen LogP contribution in [0.1, 0.15) is 38.5 Å². The van der Waals surface area contributed by atoms with E-state index in [1.165, 1.54) is 0 Å². The van der Waals surface area contributed by atoms with Crippen LogP contribution in [0.4, 0.5) is 0 Å². The van der Waals surface area contributed by atoms with Crippen LogP contribution in [0.3, 0.4) is 0 Å². The van der Waals surface area contributed by atoms with E-state index in [-0.39, 0.29) is 0 Å². The molecule has 3 aliphatic rings. The third-order valence-corrected chi connectivity index (χ3v) is 22.2. The Hall–Kier alpha value is 2.58. The topological polar surface area (TPSA) is 55.9 Å². The van der Waals surface area contributed by atoms with Crippen molar-refractivity contribution < 1.29 is 0 Å². The number of hydrogen-bond acceptors (Lipinski definition) is 6. The Morgan fingerprint density at radius 3 is 1.08 bits per heavy atom. The molecule has 6 nitrogen and oxygen atoms in total. The van der Waals surface area contributed by atoms with Crippen molar-refractivity contribution in [3.8, 4) is 0 Å². The second kappa shape index (κ2) is 8.98. The largest absolute Gasteiger partial charge is 0.257 e. The van der Waals surface area contributed by atoms with Gasteiger partial charge < -0.3 is 0 Å². The Morgan fingerprint density at radius 1 is 0.462 bits per heavy atom. The van der Waals surface area contributed by atoms with Crippen LogP contribution in [-0.2, 0) is 0 Å². The lowest BCUT2D eigenvalue weighted by Crippen LogP contribution is -2.25. The first kappa shape index (κ1) is 23.2.